The molecule has 0 fully saturated rings. The number of fused-ring (bicyclic) bond motifs is 1. The molecule has 1 unspecified atom stereocenters. The van der Waals surface area contributed by atoms with Crippen LogP contribution >= 0.6 is 11.3 Å². The number of rotatable bonds is 6. The third-order valence-electron chi connectivity index (χ3n) is 4.97. The number of nitrogens with one attached hydrogen (secondary N) is 1. The summed E-state index contributed by atoms with van der Waals surface area (Å²) in [5.74, 6) is 0.412. The van der Waals surface area contributed by atoms with Crippen LogP contribution in [0.3, 0.4) is 0 Å². The second kappa shape index (κ2) is 8.27. The zero-order chi connectivity index (χ0) is 20.4. The highest BCUT2D eigenvalue weighted by Gasteiger charge is 2.15. The van der Waals surface area contributed by atoms with Gasteiger partial charge in [-0.15, -0.1) is 11.3 Å². The summed E-state index contributed by atoms with van der Waals surface area (Å²) < 4.78 is 1.38. The summed E-state index contributed by atoms with van der Waals surface area (Å²) in [7, 11) is 0. The van der Waals surface area contributed by atoms with Crippen LogP contribution in [-0.4, -0.2) is 15.5 Å². The second-order valence-corrected chi connectivity index (χ2v) is 8.97. The topological polar surface area (TPSA) is 64.0 Å². The predicted molar refractivity (Wildman–Crippen MR) is 115 cm³/mol. The van der Waals surface area contributed by atoms with Crippen LogP contribution in [0.1, 0.15) is 48.4 Å². The molecule has 1 N–H and O–H groups in total. The van der Waals surface area contributed by atoms with Crippen molar-refractivity contribution in [3.63, 3.8) is 0 Å². The monoisotopic (exact) mass is 397 g/mol. The van der Waals surface area contributed by atoms with Gasteiger partial charge in [0, 0.05) is 4.88 Å². The Morgan fingerprint density at radius 3 is 2.50 bits per heavy atom. The highest BCUT2D eigenvalue weighted by molar-refractivity contribution is 7.18. The molecule has 2 aromatic heterocycles. The Balaban J connectivity index is 1.70. The molecule has 0 saturated heterocycles. The predicted octanol–water partition coefficient (Wildman–Crippen LogP) is 4.15. The maximum atomic E-state index is 12.7. The SMILES string of the molecule is Cc1sc2ncn(CC(=O)NC(C)c3ccc(CC(C)C)cc3)c(=O)c2c1C. The summed E-state index contributed by atoms with van der Waals surface area (Å²) in [6.07, 6.45) is 2.51. The van der Waals surface area contributed by atoms with Crippen molar-refractivity contribution in [3.8, 4) is 0 Å². The lowest BCUT2D eigenvalue weighted by Crippen LogP contribution is -2.34. The first-order chi connectivity index (χ1) is 13.3. The number of carbonyl (C=O) groups excluding carboxylic acids is 1. The second-order valence-electron chi connectivity index (χ2n) is 7.77. The summed E-state index contributed by atoms with van der Waals surface area (Å²) in [5.41, 5.74) is 3.13. The number of thiophene rings is 1. The molecule has 0 spiro atoms. The number of nitrogens with zero attached hydrogens (tertiary/aromatic N) is 2. The van der Waals surface area contributed by atoms with Crippen LogP contribution in [0.5, 0.6) is 0 Å². The maximum absolute atomic E-state index is 12.7. The fourth-order valence-electron chi connectivity index (χ4n) is 3.32. The lowest BCUT2D eigenvalue weighted by molar-refractivity contribution is -0.122. The van der Waals surface area contributed by atoms with Crippen LogP contribution in [0.4, 0.5) is 0 Å². The highest BCUT2D eigenvalue weighted by Crippen LogP contribution is 2.25. The number of hydrogen-bond acceptors (Lipinski definition) is 4. The van der Waals surface area contributed by atoms with E-state index in [0.717, 1.165) is 27.3 Å². The maximum Gasteiger partial charge on any atom is 0.262 e. The van der Waals surface area contributed by atoms with Crippen molar-refractivity contribution in [2.75, 3.05) is 0 Å². The Morgan fingerprint density at radius 1 is 1.18 bits per heavy atom. The Kier molecular flexibility index (Phi) is 5.98. The van der Waals surface area contributed by atoms with Gasteiger partial charge in [0.1, 0.15) is 11.4 Å². The highest BCUT2D eigenvalue weighted by atomic mass is 32.1. The number of aromatic nitrogens is 2. The van der Waals surface area contributed by atoms with E-state index >= 15 is 0 Å². The number of amides is 1. The van der Waals surface area contributed by atoms with Gasteiger partial charge in [-0.1, -0.05) is 38.1 Å². The number of benzene rings is 1. The van der Waals surface area contributed by atoms with Crippen molar-refractivity contribution in [3.05, 3.63) is 62.5 Å². The van der Waals surface area contributed by atoms with Crippen LogP contribution < -0.4 is 10.9 Å². The van der Waals surface area contributed by atoms with Gasteiger partial charge in [-0.3, -0.25) is 14.2 Å². The molecule has 1 aromatic carbocycles. The summed E-state index contributed by atoms with van der Waals surface area (Å²) in [6.45, 7) is 10.2. The number of aryl methyl sites for hydroxylation is 2. The van der Waals surface area contributed by atoms with Crippen molar-refractivity contribution < 1.29 is 4.79 Å². The molecule has 2 heterocycles. The van der Waals surface area contributed by atoms with E-state index in [1.165, 1.54) is 27.8 Å². The van der Waals surface area contributed by atoms with Crippen LogP contribution in [0.25, 0.3) is 10.2 Å². The Bertz CT molecular complexity index is 1050. The molecule has 1 amide bonds. The molecular weight excluding hydrogens is 370 g/mol. The van der Waals surface area contributed by atoms with E-state index in [9.17, 15) is 9.59 Å². The molecule has 0 radical (unpaired) electrons. The fourth-order valence-corrected chi connectivity index (χ4v) is 4.31. The first-order valence-corrected chi connectivity index (χ1v) is 10.4. The quantitative estimate of drug-likeness (QED) is 0.680. The van der Waals surface area contributed by atoms with Crippen molar-refractivity contribution in [1.82, 2.24) is 14.9 Å². The standard InChI is InChI=1S/C22H27N3O2S/c1-13(2)10-17-6-8-18(9-7-17)15(4)24-19(26)11-25-12-23-21-20(22(25)27)14(3)16(5)28-21/h6-9,12-13,15H,10-11H2,1-5H3,(H,24,26). The van der Waals surface area contributed by atoms with Crippen molar-refractivity contribution in [2.24, 2.45) is 5.92 Å². The molecule has 148 valence electrons. The first-order valence-electron chi connectivity index (χ1n) is 9.59. The largest absolute Gasteiger partial charge is 0.348 e. The Morgan fingerprint density at radius 2 is 1.86 bits per heavy atom. The number of hydrogen-bond donors (Lipinski definition) is 1. The molecule has 0 aliphatic rings. The van der Waals surface area contributed by atoms with Gasteiger partial charge >= 0.3 is 0 Å². The zero-order valence-corrected chi connectivity index (χ0v) is 17.9. The molecule has 5 nitrogen and oxygen atoms in total. The van der Waals surface area contributed by atoms with E-state index in [1.807, 2.05) is 20.8 Å². The van der Waals surface area contributed by atoms with E-state index in [0.29, 0.717) is 11.3 Å². The summed E-state index contributed by atoms with van der Waals surface area (Å²) in [5, 5.41) is 3.59. The smallest absolute Gasteiger partial charge is 0.262 e. The normalized spacial score (nSPS) is 12.5. The molecule has 6 heteroatoms. The third-order valence-corrected chi connectivity index (χ3v) is 6.09. The van der Waals surface area contributed by atoms with Gasteiger partial charge < -0.3 is 5.32 Å². The Labute approximate surface area is 169 Å². The van der Waals surface area contributed by atoms with Gasteiger partial charge in [0.25, 0.3) is 5.56 Å². The summed E-state index contributed by atoms with van der Waals surface area (Å²) in [4.78, 5) is 31.4. The van der Waals surface area contributed by atoms with Gasteiger partial charge in [-0.25, -0.2) is 4.98 Å². The summed E-state index contributed by atoms with van der Waals surface area (Å²) >= 11 is 1.51. The molecule has 3 rings (SSSR count). The van der Waals surface area contributed by atoms with E-state index in [1.54, 1.807) is 0 Å². The zero-order valence-electron chi connectivity index (χ0n) is 17.1. The molecule has 0 saturated carbocycles. The van der Waals surface area contributed by atoms with Crippen molar-refractivity contribution >= 4 is 27.5 Å². The average Bonchev–Trinajstić information content (AvgIpc) is 2.92. The van der Waals surface area contributed by atoms with E-state index in [2.05, 4.69) is 48.4 Å². The van der Waals surface area contributed by atoms with Gasteiger partial charge in [0.15, 0.2) is 0 Å². The fraction of sp³-hybridized carbons (Fsp3) is 0.409. The molecule has 0 bridgehead atoms. The molecule has 0 aliphatic heterocycles. The molecule has 3 aromatic rings. The lowest BCUT2D eigenvalue weighted by atomic mass is 10.00. The molecule has 0 aliphatic carbocycles. The first kappa shape index (κ1) is 20.3. The van der Waals surface area contributed by atoms with E-state index in [-0.39, 0.29) is 24.1 Å². The minimum atomic E-state index is -0.202. The third kappa shape index (κ3) is 4.33. The van der Waals surface area contributed by atoms with Crippen LogP contribution in [0.15, 0.2) is 35.4 Å². The van der Waals surface area contributed by atoms with Gasteiger partial charge in [0.05, 0.1) is 17.8 Å². The summed E-state index contributed by atoms with van der Waals surface area (Å²) in [6, 6.07) is 8.21. The van der Waals surface area contributed by atoms with E-state index in [4.69, 9.17) is 0 Å². The van der Waals surface area contributed by atoms with Crippen molar-refractivity contribution in [1.29, 1.82) is 0 Å². The van der Waals surface area contributed by atoms with Gasteiger partial charge in [-0.2, -0.15) is 0 Å². The minimum absolute atomic E-state index is 0.0358. The van der Waals surface area contributed by atoms with Gasteiger partial charge in [0.2, 0.25) is 5.91 Å². The van der Waals surface area contributed by atoms with Crippen molar-refractivity contribution in [2.45, 2.75) is 53.6 Å². The van der Waals surface area contributed by atoms with Crippen LogP contribution in [0.2, 0.25) is 0 Å². The van der Waals surface area contributed by atoms with Crippen LogP contribution in [-0.2, 0) is 17.8 Å². The molecule has 1 atom stereocenters. The average molecular weight is 398 g/mol. The Hall–Kier alpha value is -2.47. The minimum Gasteiger partial charge on any atom is -0.348 e. The lowest BCUT2D eigenvalue weighted by Gasteiger charge is -2.16. The molecule has 28 heavy (non-hydrogen) atoms. The van der Waals surface area contributed by atoms with E-state index < -0.39 is 0 Å². The number of carbonyl (C=O) groups is 1. The van der Waals surface area contributed by atoms with Gasteiger partial charge in [-0.05, 0) is 49.8 Å². The molecular formula is C22H27N3O2S. The van der Waals surface area contributed by atoms with Crippen LogP contribution in [0, 0.1) is 19.8 Å².